The van der Waals surface area contributed by atoms with Crippen LogP contribution in [0.4, 0.5) is 5.69 Å². The van der Waals surface area contributed by atoms with Crippen LogP contribution in [0.5, 0.6) is 0 Å². The topological polar surface area (TPSA) is 67.6 Å². The number of ether oxygens (including phenoxy) is 1. The number of amides is 1. The molecule has 2 unspecified atom stereocenters. The van der Waals surface area contributed by atoms with Gasteiger partial charge in [-0.25, -0.2) is 0 Å². The maximum atomic E-state index is 12.2. The van der Waals surface area contributed by atoms with Gasteiger partial charge < -0.3 is 15.8 Å². The number of carbonyl (C=O) groups excluding carboxylic acids is 1. The van der Waals surface area contributed by atoms with Crippen molar-refractivity contribution in [2.75, 3.05) is 31.6 Å². The molecule has 1 amide bonds. The largest absolute Gasteiger partial charge is 0.374 e. The molecular formula is C15H22ClN3O2. The van der Waals surface area contributed by atoms with Crippen LogP contribution in [0.1, 0.15) is 12.5 Å². The van der Waals surface area contributed by atoms with E-state index in [4.69, 9.17) is 22.1 Å². The third-order valence-corrected chi connectivity index (χ3v) is 3.84. The average Bonchev–Trinajstić information content (AvgIpc) is 2.43. The second-order valence-electron chi connectivity index (χ2n) is 5.51. The van der Waals surface area contributed by atoms with Crippen LogP contribution in [-0.4, -0.2) is 49.2 Å². The summed E-state index contributed by atoms with van der Waals surface area (Å²) in [5.74, 6) is -0.0503. The summed E-state index contributed by atoms with van der Waals surface area (Å²) in [6.07, 6.45) is -0.0144. The van der Waals surface area contributed by atoms with Crippen molar-refractivity contribution in [2.45, 2.75) is 26.0 Å². The summed E-state index contributed by atoms with van der Waals surface area (Å²) in [6, 6.07) is 5.42. The van der Waals surface area contributed by atoms with Crippen molar-refractivity contribution >= 4 is 23.2 Å². The number of hydrogen-bond donors (Lipinski definition) is 2. The molecule has 116 valence electrons. The maximum absolute atomic E-state index is 12.2. The monoisotopic (exact) mass is 311 g/mol. The molecule has 0 bridgehead atoms. The molecule has 1 fully saturated rings. The minimum atomic E-state index is -0.0503. The van der Waals surface area contributed by atoms with E-state index in [2.05, 4.69) is 10.2 Å². The van der Waals surface area contributed by atoms with E-state index in [1.165, 1.54) is 0 Å². The second-order valence-corrected chi connectivity index (χ2v) is 5.95. The van der Waals surface area contributed by atoms with Gasteiger partial charge in [0.25, 0.3) is 0 Å². The highest BCUT2D eigenvalue weighted by atomic mass is 35.5. The predicted octanol–water partition coefficient (Wildman–Crippen LogP) is 1.63. The summed E-state index contributed by atoms with van der Waals surface area (Å²) in [5, 5.41) is 3.52. The zero-order valence-corrected chi connectivity index (χ0v) is 13.2. The SMILES string of the molecule is Cc1ccc(Cl)cc1NC(=O)CN1CCOC(C(C)N)C1. The van der Waals surface area contributed by atoms with E-state index in [0.717, 1.165) is 17.8 Å². The number of aryl methyl sites for hydroxylation is 1. The molecular weight excluding hydrogens is 290 g/mol. The third kappa shape index (κ3) is 4.68. The molecule has 1 aromatic carbocycles. The van der Waals surface area contributed by atoms with Gasteiger partial charge in [0.15, 0.2) is 0 Å². The molecule has 1 aliphatic heterocycles. The lowest BCUT2D eigenvalue weighted by atomic mass is 10.1. The predicted molar refractivity (Wildman–Crippen MR) is 84.6 cm³/mol. The Morgan fingerprint density at radius 1 is 1.62 bits per heavy atom. The fourth-order valence-electron chi connectivity index (χ4n) is 2.32. The lowest BCUT2D eigenvalue weighted by Crippen LogP contribution is -2.51. The lowest BCUT2D eigenvalue weighted by Gasteiger charge is -2.34. The Morgan fingerprint density at radius 3 is 3.10 bits per heavy atom. The van der Waals surface area contributed by atoms with Crippen LogP contribution in [0.2, 0.25) is 5.02 Å². The highest BCUT2D eigenvalue weighted by Gasteiger charge is 2.24. The summed E-state index contributed by atoms with van der Waals surface area (Å²) < 4.78 is 5.59. The highest BCUT2D eigenvalue weighted by molar-refractivity contribution is 6.31. The highest BCUT2D eigenvalue weighted by Crippen LogP contribution is 2.20. The van der Waals surface area contributed by atoms with Crippen LogP contribution < -0.4 is 11.1 Å². The molecule has 0 aliphatic carbocycles. The van der Waals surface area contributed by atoms with Gasteiger partial charge in [0, 0.05) is 29.8 Å². The molecule has 6 heteroatoms. The van der Waals surface area contributed by atoms with Crippen molar-refractivity contribution in [3.8, 4) is 0 Å². The van der Waals surface area contributed by atoms with E-state index in [-0.39, 0.29) is 18.1 Å². The fraction of sp³-hybridized carbons (Fsp3) is 0.533. The Kier molecular flexibility index (Phi) is 5.58. The number of hydrogen-bond acceptors (Lipinski definition) is 4. The molecule has 0 spiro atoms. The number of morpholine rings is 1. The smallest absolute Gasteiger partial charge is 0.238 e. The molecule has 1 heterocycles. The maximum Gasteiger partial charge on any atom is 0.238 e. The molecule has 21 heavy (non-hydrogen) atoms. The first-order valence-corrected chi connectivity index (χ1v) is 7.49. The molecule has 1 aliphatic rings. The third-order valence-electron chi connectivity index (χ3n) is 3.60. The normalized spacial score (nSPS) is 21.0. The van der Waals surface area contributed by atoms with E-state index in [0.29, 0.717) is 24.7 Å². The minimum Gasteiger partial charge on any atom is -0.374 e. The molecule has 5 nitrogen and oxygen atoms in total. The van der Waals surface area contributed by atoms with Gasteiger partial charge in [-0.15, -0.1) is 0 Å². The van der Waals surface area contributed by atoms with Crippen molar-refractivity contribution in [3.63, 3.8) is 0 Å². The van der Waals surface area contributed by atoms with Gasteiger partial charge in [0.05, 0.1) is 19.3 Å². The summed E-state index contributed by atoms with van der Waals surface area (Å²) in [6.45, 7) is 6.22. The second kappa shape index (κ2) is 7.22. The van der Waals surface area contributed by atoms with E-state index in [1.807, 2.05) is 26.0 Å². The molecule has 2 atom stereocenters. The van der Waals surface area contributed by atoms with Crippen LogP contribution in [-0.2, 0) is 9.53 Å². The number of nitrogens with two attached hydrogens (primary N) is 1. The van der Waals surface area contributed by atoms with E-state index < -0.39 is 0 Å². The van der Waals surface area contributed by atoms with Gasteiger partial charge in [0.1, 0.15) is 0 Å². The van der Waals surface area contributed by atoms with Crippen LogP contribution in [0.15, 0.2) is 18.2 Å². The van der Waals surface area contributed by atoms with Crippen molar-refractivity contribution in [2.24, 2.45) is 5.73 Å². The Hall–Kier alpha value is -1.14. The summed E-state index contributed by atoms with van der Waals surface area (Å²) in [5.41, 5.74) is 7.60. The number of nitrogens with one attached hydrogen (secondary N) is 1. The van der Waals surface area contributed by atoms with Gasteiger partial charge in [-0.1, -0.05) is 17.7 Å². The van der Waals surface area contributed by atoms with Crippen molar-refractivity contribution < 1.29 is 9.53 Å². The number of rotatable bonds is 4. The summed E-state index contributed by atoms with van der Waals surface area (Å²) in [4.78, 5) is 14.2. The van der Waals surface area contributed by atoms with Crippen molar-refractivity contribution in [3.05, 3.63) is 28.8 Å². The molecule has 1 saturated heterocycles. The van der Waals surface area contributed by atoms with E-state index in [9.17, 15) is 4.79 Å². The van der Waals surface area contributed by atoms with E-state index in [1.54, 1.807) is 6.07 Å². The quantitative estimate of drug-likeness (QED) is 0.887. The van der Waals surface area contributed by atoms with Crippen molar-refractivity contribution in [1.82, 2.24) is 4.90 Å². The number of nitrogens with zero attached hydrogens (tertiary/aromatic N) is 1. The molecule has 2 rings (SSSR count). The number of carbonyl (C=O) groups is 1. The standard InChI is InChI=1S/C15H22ClN3O2/c1-10-3-4-12(16)7-13(10)18-15(20)9-19-5-6-21-14(8-19)11(2)17/h3-4,7,11,14H,5-6,8-9,17H2,1-2H3,(H,18,20). The zero-order chi connectivity index (χ0) is 15.4. The van der Waals surface area contributed by atoms with Crippen LogP contribution in [0.25, 0.3) is 0 Å². The summed E-state index contributed by atoms with van der Waals surface area (Å²) >= 11 is 5.95. The molecule has 0 radical (unpaired) electrons. The Labute approximate surface area is 130 Å². The molecule has 0 saturated carbocycles. The zero-order valence-electron chi connectivity index (χ0n) is 12.4. The fourth-order valence-corrected chi connectivity index (χ4v) is 2.49. The first kappa shape index (κ1) is 16.2. The minimum absolute atomic E-state index is 0.0144. The number of halogens is 1. The van der Waals surface area contributed by atoms with Crippen LogP contribution in [0, 0.1) is 6.92 Å². The van der Waals surface area contributed by atoms with Gasteiger partial charge >= 0.3 is 0 Å². The Bertz CT molecular complexity index is 508. The number of benzene rings is 1. The summed E-state index contributed by atoms with van der Waals surface area (Å²) in [7, 11) is 0. The molecule has 3 N–H and O–H groups in total. The Balaban J connectivity index is 1.91. The van der Waals surface area contributed by atoms with Crippen LogP contribution >= 0.6 is 11.6 Å². The Morgan fingerprint density at radius 2 is 2.38 bits per heavy atom. The van der Waals surface area contributed by atoms with Gasteiger partial charge in [-0.05, 0) is 31.5 Å². The molecule has 1 aromatic rings. The number of anilines is 1. The van der Waals surface area contributed by atoms with Crippen molar-refractivity contribution in [1.29, 1.82) is 0 Å². The van der Waals surface area contributed by atoms with Gasteiger partial charge in [-0.3, -0.25) is 9.69 Å². The van der Waals surface area contributed by atoms with Gasteiger partial charge in [0.2, 0.25) is 5.91 Å². The lowest BCUT2D eigenvalue weighted by molar-refractivity contribution is -0.119. The van der Waals surface area contributed by atoms with Gasteiger partial charge in [-0.2, -0.15) is 0 Å². The first-order valence-electron chi connectivity index (χ1n) is 7.11. The molecule has 0 aromatic heterocycles. The van der Waals surface area contributed by atoms with E-state index >= 15 is 0 Å². The average molecular weight is 312 g/mol. The first-order chi connectivity index (χ1) is 9.95. The van der Waals surface area contributed by atoms with Crippen LogP contribution in [0.3, 0.4) is 0 Å².